The summed E-state index contributed by atoms with van der Waals surface area (Å²) in [6, 6.07) is 1.65. The molecule has 2 unspecified atom stereocenters. The predicted octanol–water partition coefficient (Wildman–Crippen LogP) is 5.00. The first-order chi connectivity index (χ1) is 19.2. The van der Waals surface area contributed by atoms with Gasteiger partial charge in [-0.1, -0.05) is 6.92 Å². The number of thiophene rings is 1. The van der Waals surface area contributed by atoms with E-state index in [0.717, 1.165) is 113 Å². The SMILES string of the molecule is CCC12CCN(CC3CCN(C(=O)C4CCCOC4)CC3)C[C@H]1CN(c1ncnc3sc(CC(F)(F)F)cc13)C2. The normalized spacial score (nSPS) is 28.8. The van der Waals surface area contributed by atoms with Crippen LogP contribution in [0.15, 0.2) is 12.4 Å². The Bertz CT molecular complexity index is 1190. The van der Waals surface area contributed by atoms with Gasteiger partial charge < -0.3 is 19.4 Å². The molecule has 0 aromatic carbocycles. The van der Waals surface area contributed by atoms with Crippen LogP contribution in [-0.2, 0) is 16.0 Å². The number of amides is 1. The van der Waals surface area contributed by atoms with Gasteiger partial charge in [-0.05, 0) is 68.4 Å². The lowest BCUT2D eigenvalue weighted by atomic mass is 9.70. The van der Waals surface area contributed by atoms with Crippen molar-refractivity contribution in [2.45, 2.75) is 58.0 Å². The maximum atomic E-state index is 13.0. The molecule has 40 heavy (non-hydrogen) atoms. The number of hydrogen-bond donors (Lipinski definition) is 0. The van der Waals surface area contributed by atoms with E-state index in [9.17, 15) is 18.0 Å². The minimum absolute atomic E-state index is 0.0429. The van der Waals surface area contributed by atoms with Crippen molar-refractivity contribution >= 4 is 33.3 Å². The third-order valence-electron chi connectivity index (χ3n) is 9.91. The van der Waals surface area contributed by atoms with Gasteiger partial charge in [-0.15, -0.1) is 11.3 Å². The van der Waals surface area contributed by atoms with Gasteiger partial charge >= 0.3 is 6.18 Å². The Hall–Kier alpha value is -1.98. The predicted molar refractivity (Wildman–Crippen MR) is 150 cm³/mol. The first-order valence-electron chi connectivity index (χ1n) is 14.9. The number of carbonyl (C=O) groups excluding carboxylic acids is 1. The summed E-state index contributed by atoms with van der Waals surface area (Å²) in [5, 5.41) is 0.745. The molecule has 11 heteroatoms. The number of alkyl halides is 3. The number of hydrogen-bond acceptors (Lipinski definition) is 7. The fraction of sp³-hybridized carbons (Fsp3) is 0.759. The standard InChI is InChI=1S/C29H40F3N5O2S/c1-2-28-7-10-35(14-20-5-8-36(9-6-20)27(38)21-4-3-11-39-17-21)15-22(28)16-37(18-28)25-24-12-23(13-29(30,31)32)40-26(24)34-19-33-25/h12,19-22H,2-11,13-18H2,1H3/t21?,22-,28?/m0/s1. The Morgan fingerprint density at radius 2 is 2.00 bits per heavy atom. The van der Waals surface area contributed by atoms with Crippen LogP contribution in [0.3, 0.4) is 0 Å². The molecule has 4 saturated heterocycles. The molecule has 6 rings (SSSR count). The van der Waals surface area contributed by atoms with E-state index in [1.54, 1.807) is 6.07 Å². The number of rotatable bonds is 6. The largest absolute Gasteiger partial charge is 0.393 e. The highest BCUT2D eigenvalue weighted by Gasteiger charge is 2.49. The average molecular weight is 580 g/mol. The summed E-state index contributed by atoms with van der Waals surface area (Å²) in [6.45, 7) is 10.3. The lowest BCUT2D eigenvalue weighted by Gasteiger charge is -2.45. The highest BCUT2D eigenvalue weighted by Crippen LogP contribution is 2.47. The molecule has 0 saturated carbocycles. The number of halogens is 3. The second kappa shape index (κ2) is 11.4. The molecule has 3 atom stereocenters. The summed E-state index contributed by atoms with van der Waals surface area (Å²) < 4.78 is 44.7. The number of piperidine rings is 2. The molecule has 7 nitrogen and oxygen atoms in total. The van der Waals surface area contributed by atoms with Crippen molar-refractivity contribution in [2.75, 3.05) is 63.9 Å². The minimum Gasteiger partial charge on any atom is -0.381 e. The lowest BCUT2D eigenvalue weighted by Crippen LogP contribution is -2.49. The van der Waals surface area contributed by atoms with Crippen LogP contribution in [0.4, 0.5) is 19.0 Å². The Labute approximate surface area is 238 Å². The van der Waals surface area contributed by atoms with E-state index in [0.29, 0.717) is 23.3 Å². The summed E-state index contributed by atoms with van der Waals surface area (Å²) in [7, 11) is 0. The maximum absolute atomic E-state index is 13.0. The van der Waals surface area contributed by atoms with Gasteiger partial charge in [0.15, 0.2) is 0 Å². The quantitative estimate of drug-likeness (QED) is 0.480. The first-order valence-corrected chi connectivity index (χ1v) is 15.7. The number of carbonyl (C=O) groups is 1. The molecule has 4 aliphatic heterocycles. The van der Waals surface area contributed by atoms with Crippen LogP contribution in [-0.4, -0.2) is 90.9 Å². The Morgan fingerprint density at radius 1 is 1.18 bits per heavy atom. The molecular formula is C29H40F3N5O2S. The van der Waals surface area contributed by atoms with Gasteiger partial charge in [-0.3, -0.25) is 4.79 Å². The molecule has 0 bridgehead atoms. The van der Waals surface area contributed by atoms with Crippen molar-refractivity contribution in [1.82, 2.24) is 19.8 Å². The zero-order valence-electron chi connectivity index (χ0n) is 23.3. The monoisotopic (exact) mass is 579 g/mol. The molecule has 1 amide bonds. The van der Waals surface area contributed by atoms with Crippen LogP contribution >= 0.6 is 11.3 Å². The van der Waals surface area contributed by atoms with Crippen LogP contribution in [0.5, 0.6) is 0 Å². The van der Waals surface area contributed by atoms with Gasteiger partial charge in [0.1, 0.15) is 17.0 Å². The molecule has 4 fully saturated rings. The van der Waals surface area contributed by atoms with Crippen LogP contribution in [0, 0.1) is 23.2 Å². The van der Waals surface area contributed by atoms with Crippen molar-refractivity contribution in [3.63, 3.8) is 0 Å². The molecule has 2 aromatic heterocycles. The van der Waals surface area contributed by atoms with E-state index in [2.05, 4.69) is 31.6 Å². The number of aromatic nitrogens is 2. The highest BCUT2D eigenvalue weighted by molar-refractivity contribution is 7.18. The van der Waals surface area contributed by atoms with E-state index < -0.39 is 12.6 Å². The summed E-state index contributed by atoms with van der Waals surface area (Å²) >= 11 is 1.12. The average Bonchev–Trinajstić information content (AvgIpc) is 3.53. The molecule has 4 aliphatic rings. The van der Waals surface area contributed by atoms with Gasteiger partial charge in [0.25, 0.3) is 0 Å². The van der Waals surface area contributed by atoms with Gasteiger partial charge in [-0.2, -0.15) is 13.2 Å². The van der Waals surface area contributed by atoms with Crippen molar-refractivity contribution in [1.29, 1.82) is 0 Å². The second-order valence-electron chi connectivity index (χ2n) is 12.4. The summed E-state index contributed by atoms with van der Waals surface area (Å²) in [4.78, 5) is 29.7. The molecule has 220 valence electrons. The fourth-order valence-electron chi connectivity index (χ4n) is 7.58. The van der Waals surface area contributed by atoms with Crippen molar-refractivity contribution in [3.05, 3.63) is 17.3 Å². The van der Waals surface area contributed by atoms with Gasteiger partial charge in [0.05, 0.1) is 24.3 Å². The van der Waals surface area contributed by atoms with E-state index >= 15 is 0 Å². The zero-order chi connectivity index (χ0) is 27.9. The number of fused-ring (bicyclic) bond motifs is 2. The Morgan fingerprint density at radius 3 is 2.73 bits per heavy atom. The summed E-state index contributed by atoms with van der Waals surface area (Å²) in [5.41, 5.74) is 0.205. The van der Waals surface area contributed by atoms with Gasteiger partial charge in [0.2, 0.25) is 5.91 Å². The number of nitrogens with zero attached hydrogens (tertiary/aromatic N) is 5. The van der Waals surface area contributed by atoms with Gasteiger partial charge in [0, 0.05) is 50.8 Å². The topological polar surface area (TPSA) is 61.8 Å². The van der Waals surface area contributed by atoms with Crippen molar-refractivity contribution in [3.8, 4) is 0 Å². The number of anilines is 1. The molecule has 0 spiro atoms. The minimum atomic E-state index is -4.23. The second-order valence-corrected chi connectivity index (χ2v) is 13.5. The van der Waals surface area contributed by atoms with Crippen LogP contribution in [0.1, 0.15) is 50.3 Å². The summed E-state index contributed by atoms with van der Waals surface area (Å²) in [5.74, 6) is 2.21. The third kappa shape index (κ3) is 5.83. The Balaban J connectivity index is 1.07. The third-order valence-corrected chi connectivity index (χ3v) is 10.9. The lowest BCUT2D eigenvalue weighted by molar-refractivity contribution is -0.141. The molecule has 0 aliphatic carbocycles. The number of ether oxygens (including phenoxy) is 1. The fourth-order valence-corrected chi connectivity index (χ4v) is 8.60. The zero-order valence-corrected chi connectivity index (χ0v) is 24.1. The highest BCUT2D eigenvalue weighted by atomic mass is 32.1. The van der Waals surface area contributed by atoms with Crippen LogP contribution in [0.25, 0.3) is 10.2 Å². The smallest absolute Gasteiger partial charge is 0.381 e. The molecule has 2 aromatic rings. The maximum Gasteiger partial charge on any atom is 0.393 e. The first kappa shape index (κ1) is 28.2. The molecule has 0 N–H and O–H groups in total. The van der Waals surface area contributed by atoms with E-state index in [1.165, 1.54) is 6.33 Å². The van der Waals surface area contributed by atoms with Crippen molar-refractivity contribution in [2.24, 2.45) is 23.2 Å². The van der Waals surface area contributed by atoms with E-state index in [-0.39, 0.29) is 22.1 Å². The van der Waals surface area contributed by atoms with E-state index in [1.807, 2.05) is 0 Å². The van der Waals surface area contributed by atoms with Gasteiger partial charge in [-0.25, -0.2) is 9.97 Å². The molecular weight excluding hydrogens is 539 g/mol. The molecule has 6 heterocycles. The van der Waals surface area contributed by atoms with Crippen LogP contribution in [0.2, 0.25) is 0 Å². The van der Waals surface area contributed by atoms with E-state index in [4.69, 9.17) is 4.74 Å². The summed E-state index contributed by atoms with van der Waals surface area (Å²) in [6.07, 6.45) is 2.60. The molecule has 0 radical (unpaired) electrons. The van der Waals surface area contributed by atoms with Crippen LogP contribution < -0.4 is 4.90 Å². The Kier molecular flexibility index (Phi) is 8.00. The van der Waals surface area contributed by atoms with Crippen molar-refractivity contribution < 1.29 is 22.7 Å². The number of likely N-dealkylation sites (tertiary alicyclic amines) is 2.